The van der Waals surface area contributed by atoms with E-state index < -0.39 is 125 Å². The van der Waals surface area contributed by atoms with E-state index in [2.05, 4.69) is 0 Å². The second-order valence-electron chi connectivity index (χ2n) is 13.5. The highest BCUT2D eigenvalue weighted by Gasteiger charge is 2.19. The van der Waals surface area contributed by atoms with E-state index >= 15 is 0 Å². The van der Waals surface area contributed by atoms with Gasteiger partial charge in [-0.05, 0) is 113 Å². The summed E-state index contributed by atoms with van der Waals surface area (Å²) in [6.45, 7) is 0. The predicted molar refractivity (Wildman–Crippen MR) is 235 cm³/mol. The van der Waals surface area contributed by atoms with Crippen molar-refractivity contribution in [1.29, 1.82) is 0 Å². The first kappa shape index (κ1) is 18.8. The molecule has 2 heteroatoms. The molecule has 56 heavy (non-hydrogen) atoms. The summed E-state index contributed by atoms with van der Waals surface area (Å²) < 4.78 is 165. The fraction of sp³-hybridized carbons (Fsp3) is 0. The van der Waals surface area contributed by atoms with E-state index in [-0.39, 0.29) is 27.1 Å². The minimum absolute atomic E-state index is 0.00663. The minimum atomic E-state index is -0.865. The molecule has 2 heterocycles. The molecule has 2 aromatic heterocycles. The van der Waals surface area contributed by atoms with Gasteiger partial charge < -0.3 is 8.83 Å². The summed E-state index contributed by atoms with van der Waals surface area (Å²) in [5.74, 6) is 0. The average molecular weight is 730 g/mol. The lowest BCUT2D eigenvalue weighted by Crippen LogP contribution is -1.91. The molecule has 2 nitrogen and oxygen atoms in total. The van der Waals surface area contributed by atoms with Crippen LogP contribution in [0.25, 0.3) is 121 Å². The molecule has 12 rings (SSSR count). The molecule has 0 fully saturated rings. The normalized spacial score (nSPS) is 16.2. The van der Waals surface area contributed by atoms with E-state index in [4.69, 9.17) is 21.2 Å². The highest BCUT2D eigenvalue weighted by Crippen LogP contribution is 2.46. The Balaban J connectivity index is 1.13. The van der Waals surface area contributed by atoms with E-state index in [0.29, 0.717) is 22.1 Å². The van der Waals surface area contributed by atoms with Crippen LogP contribution in [0.5, 0.6) is 0 Å². The highest BCUT2D eigenvalue weighted by atomic mass is 16.3. The van der Waals surface area contributed by atoms with Crippen molar-refractivity contribution >= 4 is 76.2 Å². The summed E-state index contributed by atoms with van der Waals surface area (Å²) in [6.07, 6.45) is 0. The first-order valence-electron chi connectivity index (χ1n) is 26.3. The topological polar surface area (TPSA) is 26.3 Å². The summed E-state index contributed by atoms with van der Waals surface area (Å²) >= 11 is 0. The average Bonchev–Trinajstić information content (AvgIpc) is 3.97. The van der Waals surface area contributed by atoms with Gasteiger partial charge in [0.25, 0.3) is 0 Å². The van der Waals surface area contributed by atoms with Gasteiger partial charge in [0.05, 0.1) is 23.3 Å². The van der Waals surface area contributed by atoms with Crippen molar-refractivity contribution in [3.05, 3.63) is 194 Å². The predicted octanol–water partition coefficient (Wildman–Crippen LogP) is 15.6. The van der Waals surface area contributed by atoms with Crippen molar-refractivity contribution in [2.75, 3.05) is 0 Å². The van der Waals surface area contributed by atoms with Crippen molar-refractivity contribution in [3.8, 4) is 44.5 Å². The van der Waals surface area contributed by atoms with Crippen LogP contribution in [0.2, 0.25) is 0 Å². The molecule has 0 N–H and O–H groups in total. The lowest BCUT2D eigenvalue weighted by molar-refractivity contribution is 0.663. The van der Waals surface area contributed by atoms with Gasteiger partial charge in [0, 0.05) is 21.5 Å². The van der Waals surface area contributed by atoms with Crippen LogP contribution in [0.15, 0.2) is 203 Å². The Morgan fingerprint density at radius 3 is 1.59 bits per heavy atom. The van der Waals surface area contributed by atoms with Crippen LogP contribution < -0.4 is 0 Å². The molecule has 10 aromatic carbocycles. The zero-order chi connectivity index (χ0) is 51.5. The maximum absolute atomic E-state index is 9.45. The third kappa shape index (κ3) is 4.63. The standard InChI is InChI=1S/C54H32O2/c1-2-11-33(12-3-1)34-21-23-35(24-22-34)51-41-14-4-6-16-43(41)52(44-17-7-5-15-42(44)51)38-26-27-40-36(31-38)13-10-19-39(40)37-25-28-46-50(32-37)56-49-30-29-48-53(54(46)49)45-18-8-9-20-47(45)55-48/h1-32H/i1D,2D,3D,4D,5D,6D,7D,11D,12D,14D,15D,16D,17D,21D,22D,23D,24D. The second-order valence-corrected chi connectivity index (χ2v) is 13.5. The van der Waals surface area contributed by atoms with Gasteiger partial charge in [0.1, 0.15) is 22.3 Å². The van der Waals surface area contributed by atoms with Crippen LogP contribution in [0.3, 0.4) is 0 Å². The lowest BCUT2D eigenvalue weighted by atomic mass is 9.85. The summed E-state index contributed by atoms with van der Waals surface area (Å²) in [7, 11) is 0. The molecule has 0 radical (unpaired) electrons. The molecule has 260 valence electrons. The van der Waals surface area contributed by atoms with Crippen LogP contribution in [-0.2, 0) is 0 Å². The van der Waals surface area contributed by atoms with Gasteiger partial charge in [-0.25, -0.2) is 0 Å². The number of furan rings is 2. The van der Waals surface area contributed by atoms with E-state index in [1.165, 1.54) is 0 Å². The Morgan fingerprint density at radius 1 is 0.321 bits per heavy atom. The van der Waals surface area contributed by atoms with Gasteiger partial charge in [-0.15, -0.1) is 0 Å². The van der Waals surface area contributed by atoms with Crippen LogP contribution in [0.1, 0.15) is 23.3 Å². The molecule has 0 saturated carbocycles. The number of benzene rings is 10. The molecule has 0 saturated heterocycles. The third-order valence-corrected chi connectivity index (χ3v) is 10.5. The number of hydrogen-bond donors (Lipinski definition) is 0. The van der Waals surface area contributed by atoms with Crippen molar-refractivity contribution < 1.29 is 32.1 Å². The number of fused-ring (bicyclic) bond motifs is 10. The largest absolute Gasteiger partial charge is 0.456 e. The minimum Gasteiger partial charge on any atom is -0.456 e. The Kier molecular flexibility index (Phi) is 4.03. The molecule has 0 amide bonds. The molecule has 0 unspecified atom stereocenters. The quantitative estimate of drug-likeness (QED) is 0.169. The van der Waals surface area contributed by atoms with E-state index in [0.717, 1.165) is 49.2 Å². The van der Waals surface area contributed by atoms with Crippen molar-refractivity contribution in [2.24, 2.45) is 0 Å². The first-order chi connectivity index (χ1) is 34.8. The Hall–Kier alpha value is -7.42. The number of hydrogen-bond acceptors (Lipinski definition) is 2. The molecule has 0 aliphatic carbocycles. The molecule has 0 bridgehead atoms. The van der Waals surface area contributed by atoms with Gasteiger partial charge in [-0.2, -0.15) is 0 Å². The molecular weight excluding hydrogens is 681 g/mol. The highest BCUT2D eigenvalue weighted by molar-refractivity contribution is 6.26. The van der Waals surface area contributed by atoms with Gasteiger partial charge >= 0.3 is 0 Å². The summed E-state index contributed by atoms with van der Waals surface area (Å²) in [6, 6.07) is 15.6. The van der Waals surface area contributed by atoms with Crippen molar-refractivity contribution in [1.82, 2.24) is 0 Å². The SMILES string of the molecule is [2H]c1c([2H])c([2H])c(-c2c([2H])c([2H])c(-c3c4c([2H])c([2H])c([2H])c([2H])c4c(-c4ccc5c(-c6ccc7c(c6)oc6ccc8oc9ccccc9c8c67)cccc5c4)c4c([2H])c([2H])c([2H])c([2H])c34)c([2H])c2[2H])c([2H])c1[2H]. The van der Waals surface area contributed by atoms with Gasteiger partial charge in [0.2, 0.25) is 0 Å². The Morgan fingerprint density at radius 2 is 0.875 bits per heavy atom. The van der Waals surface area contributed by atoms with Crippen LogP contribution in [0, 0.1) is 0 Å². The van der Waals surface area contributed by atoms with Crippen LogP contribution in [0.4, 0.5) is 0 Å². The Labute approximate surface area is 346 Å². The van der Waals surface area contributed by atoms with Crippen LogP contribution in [-0.4, -0.2) is 0 Å². The molecule has 0 aliphatic rings. The summed E-state index contributed by atoms with van der Waals surface area (Å²) in [5, 5.41) is 3.99. The third-order valence-electron chi connectivity index (χ3n) is 10.5. The fourth-order valence-electron chi connectivity index (χ4n) is 8.04. The summed E-state index contributed by atoms with van der Waals surface area (Å²) in [4.78, 5) is 0. The maximum Gasteiger partial charge on any atom is 0.136 e. The van der Waals surface area contributed by atoms with E-state index in [9.17, 15) is 11.0 Å². The zero-order valence-corrected chi connectivity index (χ0v) is 29.0. The smallest absolute Gasteiger partial charge is 0.136 e. The molecule has 0 atom stereocenters. The molecule has 0 spiro atoms. The molecule has 12 aromatic rings. The van der Waals surface area contributed by atoms with Gasteiger partial charge in [-0.3, -0.25) is 0 Å². The summed E-state index contributed by atoms with van der Waals surface area (Å²) in [5.41, 5.74) is 2.47. The fourth-order valence-corrected chi connectivity index (χ4v) is 8.04. The lowest BCUT2D eigenvalue weighted by Gasteiger charge is -2.18. The first-order valence-corrected chi connectivity index (χ1v) is 17.8. The second kappa shape index (κ2) is 12.0. The molecular formula is C54H32O2. The van der Waals surface area contributed by atoms with E-state index in [1.807, 2.05) is 78.9 Å². The van der Waals surface area contributed by atoms with E-state index in [1.54, 1.807) is 12.1 Å². The van der Waals surface area contributed by atoms with Crippen molar-refractivity contribution in [2.45, 2.75) is 0 Å². The molecule has 0 aliphatic heterocycles. The van der Waals surface area contributed by atoms with Crippen LogP contribution >= 0.6 is 0 Å². The zero-order valence-electron chi connectivity index (χ0n) is 46.0. The maximum atomic E-state index is 9.45. The monoisotopic (exact) mass is 729 g/mol. The van der Waals surface area contributed by atoms with Gasteiger partial charge in [0.15, 0.2) is 0 Å². The Bertz CT molecular complexity index is 4400. The number of rotatable bonds is 4. The van der Waals surface area contributed by atoms with Gasteiger partial charge in [-0.1, -0.05) is 157 Å². The number of para-hydroxylation sites is 1. The van der Waals surface area contributed by atoms with Crippen molar-refractivity contribution in [3.63, 3.8) is 0 Å².